The highest BCUT2D eigenvalue weighted by Gasteiger charge is 2.12. The van der Waals surface area contributed by atoms with Crippen LogP contribution in [0.1, 0.15) is 24.8 Å². The lowest BCUT2D eigenvalue weighted by molar-refractivity contribution is 0.354. The number of benzene rings is 1. The Hall–Kier alpha value is -1.02. The van der Waals surface area contributed by atoms with Crippen molar-refractivity contribution in [3.05, 3.63) is 29.8 Å². The lowest BCUT2D eigenvalue weighted by atomic mass is 9.91. The van der Waals surface area contributed by atoms with E-state index in [-0.39, 0.29) is 0 Å². The number of phenolic OH excluding ortho intramolecular Hbond substituents is 1. The molecule has 1 saturated heterocycles. The Morgan fingerprint density at radius 3 is 2.47 bits per heavy atom. The third-order valence-corrected chi connectivity index (χ3v) is 3.24. The number of aromatic hydroxyl groups is 1. The average Bonchev–Trinajstić information content (AvgIpc) is 2.30. The summed E-state index contributed by atoms with van der Waals surface area (Å²) >= 11 is 0. The average molecular weight is 205 g/mol. The summed E-state index contributed by atoms with van der Waals surface area (Å²) < 4.78 is 0. The van der Waals surface area contributed by atoms with E-state index >= 15 is 0 Å². The van der Waals surface area contributed by atoms with E-state index in [0.717, 1.165) is 12.3 Å². The van der Waals surface area contributed by atoms with Gasteiger partial charge < -0.3 is 10.4 Å². The minimum Gasteiger partial charge on any atom is -0.508 e. The number of aryl methyl sites for hydroxylation is 1. The van der Waals surface area contributed by atoms with Crippen molar-refractivity contribution in [1.82, 2.24) is 5.32 Å². The van der Waals surface area contributed by atoms with Crippen molar-refractivity contribution < 1.29 is 5.11 Å². The summed E-state index contributed by atoms with van der Waals surface area (Å²) in [4.78, 5) is 0. The maximum Gasteiger partial charge on any atom is 0.115 e. The van der Waals surface area contributed by atoms with E-state index in [1.165, 1.54) is 37.9 Å². The molecule has 2 heteroatoms. The van der Waals surface area contributed by atoms with E-state index in [1.54, 1.807) is 12.1 Å². The molecule has 0 aliphatic carbocycles. The summed E-state index contributed by atoms with van der Waals surface area (Å²) in [6.45, 7) is 2.36. The molecular formula is C13H19NO. The molecule has 0 atom stereocenters. The minimum atomic E-state index is 0.362. The maximum atomic E-state index is 9.17. The van der Waals surface area contributed by atoms with E-state index < -0.39 is 0 Å². The number of rotatable bonds is 3. The van der Waals surface area contributed by atoms with Crippen LogP contribution in [0.25, 0.3) is 0 Å². The first-order valence-corrected chi connectivity index (χ1v) is 5.83. The van der Waals surface area contributed by atoms with E-state index in [2.05, 4.69) is 5.32 Å². The molecule has 82 valence electrons. The highest BCUT2D eigenvalue weighted by Crippen LogP contribution is 2.19. The van der Waals surface area contributed by atoms with Crippen LogP contribution in [0.2, 0.25) is 0 Å². The van der Waals surface area contributed by atoms with E-state index in [1.807, 2.05) is 12.1 Å². The summed E-state index contributed by atoms with van der Waals surface area (Å²) in [5.41, 5.74) is 1.34. The van der Waals surface area contributed by atoms with Crippen molar-refractivity contribution in [1.29, 1.82) is 0 Å². The minimum absolute atomic E-state index is 0.362. The molecule has 1 heterocycles. The second kappa shape index (κ2) is 5.17. The molecule has 0 aromatic heterocycles. The standard InChI is InChI=1S/C13H19NO/c15-13-5-3-11(4-6-13)1-2-12-7-9-14-10-8-12/h3-6,12,14-15H,1-2,7-10H2. The molecule has 2 nitrogen and oxygen atoms in total. The summed E-state index contributed by atoms with van der Waals surface area (Å²) in [5.74, 6) is 1.25. The third kappa shape index (κ3) is 3.24. The Bertz CT molecular complexity index is 288. The van der Waals surface area contributed by atoms with Gasteiger partial charge in [0, 0.05) is 0 Å². The molecule has 0 spiro atoms. The quantitative estimate of drug-likeness (QED) is 0.793. The predicted octanol–water partition coefficient (Wildman–Crippen LogP) is 2.32. The Labute approximate surface area is 91.3 Å². The monoisotopic (exact) mass is 205 g/mol. The van der Waals surface area contributed by atoms with Gasteiger partial charge in [-0.1, -0.05) is 12.1 Å². The smallest absolute Gasteiger partial charge is 0.115 e. The maximum absolute atomic E-state index is 9.17. The zero-order valence-corrected chi connectivity index (χ0v) is 9.08. The normalized spacial score (nSPS) is 17.9. The fraction of sp³-hybridized carbons (Fsp3) is 0.538. The Morgan fingerprint density at radius 1 is 1.13 bits per heavy atom. The molecule has 0 amide bonds. The summed E-state index contributed by atoms with van der Waals surface area (Å²) in [7, 11) is 0. The Kier molecular flexibility index (Phi) is 3.62. The van der Waals surface area contributed by atoms with Crippen LogP contribution in [-0.4, -0.2) is 18.2 Å². The van der Waals surface area contributed by atoms with Crippen molar-refractivity contribution in [3.63, 3.8) is 0 Å². The first-order chi connectivity index (χ1) is 7.34. The predicted molar refractivity (Wildman–Crippen MR) is 62.0 cm³/mol. The number of nitrogens with one attached hydrogen (secondary N) is 1. The van der Waals surface area contributed by atoms with Crippen molar-refractivity contribution in [3.8, 4) is 5.75 Å². The molecule has 1 fully saturated rings. The SMILES string of the molecule is Oc1ccc(CCC2CCNCC2)cc1. The first kappa shape index (κ1) is 10.5. The molecule has 0 unspecified atom stereocenters. The lowest BCUT2D eigenvalue weighted by Crippen LogP contribution is -2.27. The van der Waals surface area contributed by atoms with E-state index in [9.17, 15) is 0 Å². The summed E-state index contributed by atoms with van der Waals surface area (Å²) in [6.07, 6.45) is 5.06. The van der Waals surface area contributed by atoms with Crippen molar-refractivity contribution in [2.75, 3.05) is 13.1 Å². The molecule has 1 aliphatic rings. The topological polar surface area (TPSA) is 32.3 Å². The van der Waals surface area contributed by atoms with Crippen molar-refractivity contribution >= 4 is 0 Å². The fourth-order valence-corrected chi connectivity index (χ4v) is 2.20. The second-order valence-electron chi connectivity index (χ2n) is 4.40. The van der Waals surface area contributed by atoms with Crippen LogP contribution < -0.4 is 5.32 Å². The van der Waals surface area contributed by atoms with Gasteiger partial charge in [-0.2, -0.15) is 0 Å². The highest BCUT2D eigenvalue weighted by molar-refractivity contribution is 5.25. The van der Waals surface area contributed by atoms with Gasteiger partial charge in [0.1, 0.15) is 5.75 Å². The molecule has 1 aromatic carbocycles. The first-order valence-electron chi connectivity index (χ1n) is 5.83. The van der Waals surface area contributed by atoms with Crippen LogP contribution in [0.15, 0.2) is 24.3 Å². The second-order valence-corrected chi connectivity index (χ2v) is 4.40. The van der Waals surface area contributed by atoms with Gasteiger partial charge in [0.2, 0.25) is 0 Å². The molecular weight excluding hydrogens is 186 g/mol. The summed E-state index contributed by atoms with van der Waals surface area (Å²) in [6, 6.07) is 7.60. The van der Waals surface area contributed by atoms with Gasteiger partial charge in [0.05, 0.1) is 0 Å². The molecule has 0 saturated carbocycles. The van der Waals surface area contributed by atoms with Gasteiger partial charge in [0.25, 0.3) is 0 Å². The van der Waals surface area contributed by atoms with Crippen LogP contribution >= 0.6 is 0 Å². The van der Waals surface area contributed by atoms with Gasteiger partial charge in [-0.25, -0.2) is 0 Å². The zero-order chi connectivity index (χ0) is 10.5. The van der Waals surface area contributed by atoms with Crippen LogP contribution in [0, 0.1) is 5.92 Å². The van der Waals surface area contributed by atoms with Crippen molar-refractivity contribution in [2.45, 2.75) is 25.7 Å². The van der Waals surface area contributed by atoms with Crippen LogP contribution in [-0.2, 0) is 6.42 Å². The van der Waals surface area contributed by atoms with Gasteiger partial charge in [-0.15, -0.1) is 0 Å². The molecule has 0 radical (unpaired) electrons. The van der Waals surface area contributed by atoms with Crippen LogP contribution in [0.3, 0.4) is 0 Å². The number of hydrogen-bond acceptors (Lipinski definition) is 2. The van der Waals surface area contributed by atoms with Crippen LogP contribution in [0.5, 0.6) is 5.75 Å². The fourth-order valence-electron chi connectivity index (χ4n) is 2.20. The third-order valence-electron chi connectivity index (χ3n) is 3.24. The number of hydrogen-bond donors (Lipinski definition) is 2. The van der Waals surface area contributed by atoms with Crippen LogP contribution in [0.4, 0.5) is 0 Å². The molecule has 2 rings (SSSR count). The van der Waals surface area contributed by atoms with E-state index in [0.29, 0.717) is 5.75 Å². The van der Waals surface area contributed by atoms with Gasteiger partial charge in [0.15, 0.2) is 0 Å². The van der Waals surface area contributed by atoms with Gasteiger partial charge >= 0.3 is 0 Å². The number of piperidine rings is 1. The van der Waals surface area contributed by atoms with Crippen molar-refractivity contribution in [2.24, 2.45) is 5.92 Å². The lowest BCUT2D eigenvalue weighted by Gasteiger charge is -2.22. The molecule has 1 aromatic rings. The largest absolute Gasteiger partial charge is 0.508 e. The van der Waals surface area contributed by atoms with E-state index in [4.69, 9.17) is 5.11 Å². The summed E-state index contributed by atoms with van der Waals surface area (Å²) in [5, 5.41) is 12.6. The molecule has 1 aliphatic heterocycles. The Morgan fingerprint density at radius 2 is 1.80 bits per heavy atom. The highest BCUT2D eigenvalue weighted by atomic mass is 16.3. The van der Waals surface area contributed by atoms with Gasteiger partial charge in [-0.3, -0.25) is 0 Å². The van der Waals surface area contributed by atoms with Gasteiger partial charge in [-0.05, 0) is 62.4 Å². The molecule has 2 N–H and O–H groups in total. The molecule has 0 bridgehead atoms. The zero-order valence-electron chi connectivity index (χ0n) is 9.08. The molecule has 15 heavy (non-hydrogen) atoms. The Balaban J connectivity index is 1.79. The number of phenols is 1.